The first-order valence-electron chi connectivity index (χ1n) is 22.4. The zero-order chi connectivity index (χ0) is 40.0. The fourth-order valence-corrected chi connectivity index (χ4v) is 7.01. The average molecular weight is 789 g/mol. The molecule has 0 amide bonds. The summed E-state index contributed by atoms with van der Waals surface area (Å²) in [5, 5.41) is 0. The molecule has 2 atom stereocenters. The van der Waals surface area contributed by atoms with Crippen molar-refractivity contribution >= 4 is 19.8 Å². The van der Waals surface area contributed by atoms with Crippen LogP contribution in [0.2, 0.25) is 0 Å². The summed E-state index contributed by atoms with van der Waals surface area (Å²) in [7, 11) is 1.47. The molecule has 9 nitrogen and oxygen atoms in total. The number of phosphoric acid groups is 1. The number of hydrogen-bond donors (Lipinski definition) is 1. The molecule has 54 heavy (non-hydrogen) atoms. The Morgan fingerprint density at radius 2 is 0.981 bits per heavy atom. The molecule has 0 aromatic heterocycles. The summed E-state index contributed by atoms with van der Waals surface area (Å²) in [6.45, 7) is 4.41. The van der Waals surface area contributed by atoms with Crippen LogP contribution in [0.5, 0.6) is 0 Å². The molecule has 0 bridgehead atoms. The van der Waals surface area contributed by atoms with E-state index in [1.165, 1.54) is 141 Å². The maximum Gasteiger partial charge on any atom is 0.472 e. The quantitative estimate of drug-likeness (QED) is 0.0214. The highest BCUT2D eigenvalue weighted by Gasteiger charge is 2.27. The number of quaternary nitrogens is 1. The van der Waals surface area contributed by atoms with Gasteiger partial charge < -0.3 is 18.9 Å². The molecular formula is C44H87NO8P+. The Labute approximate surface area is 333 Å². The second kappa shape index (κ2) is 37.3. The third-order valence-electron chi connectivity index (χ3n) is 9.81. The van der Waals surface area contributed by atoms with E-state index in [0.29, 0.717) is 23.9 Å². The van der Waals surface area contributed by atoms with Crippen LogP contribution in [0.4, 0.5) is 0 Å². The molecule has 320 valence electrons. The van der Waals surface area contributed by atoms with Crippen LogP contribution in [0.3, 0.4) is 0 Å². The van der Waals surface area contributed by atoms with Crippen molar-refractivity contribution in [1.82, 2.24) is 0 Å². The lowest BCUT2D eigenvalue weighted by Gasteiger charge is -2.24. The Kier molecular flexibility index (Phi) is 36.5. The van der Waals surface area contributed by atoms with E-state index < -0.39 is 32.5 Å². The summed E-state index contributed by atoms with van der Waals surface area (Å²) in [4.78, 5) is 35.3. The smallest absolute Gasteiger partial charge is 0.462 e. The maximum absolute atomic E-state index is 12.7. The van der Waals surface area contributed by atoms with Gasteiger partial charge in [-0.1, -0.05) is 180 Å². The normalized spacial score (nSPS) is 13.7. The predicted octanol–water partition coefficient (Wildman–Crippen LogP) is 12.6. The molecule has 0 fully saturated rings. The Morgan fingerprint density at radius 3 is 1.44 bits per heavy atom. The lowest BCUT2D eigenvalue weighted by Crippen LogP contribution is -2.37. The third kappa shape index (κ3) is 40.4. The molecule has 0 heterocycles. The molecule has 0 aliphatic carbocycles. The SMILES string of the molecule is CCCCCCCCCCCCC/C=C/CCC(=O)OC[C@H](COP(=O)(O)OCC[N+](C)(C)C)OC(=O)CCCCCCCCCCCCCCCCC. The van der Waals surface area contributed by atoms with Crippen molar-refractivity contribution in [1.29, 1.82) is 0 Å². The zero-order valence-corrected chi connectivity index (χ0v) is 36.9. The molecule has 0 radical (unpaired) electrons. The van der Waals surface area contributed by atoms with Crippen LogP contribution in [-0.4, -0.2) is 74.9 Å². The molecule has 0 aromatic carbocycles. The van der Waals surface area contributed by atoms with Gasteiger partial charge >= 0.3 is 19.8 Å². The van der Waals surface area contributed by atoms with Crippen LogP contribution in [0.15, 0.2) is 12.2 Å². The number of nitrogens with zero attached hydrogens (tertiary/aromatic N) is 1. The van der Waals surface area contributed by atoms with Gasteiger partial charge in [-0.25, -0.2) is 4.57 Å². The minimum Gasteiger partial charge on any atom is -0.462 e. The van der Waals surface area contributed by atoms with Crippen LogP contribution in [0.25, 0.3) is 0 Å². The van der Waals surface area contributed by atoms with Gasteiger partial charge in [-0.2, -0.15) is 0 Å². The van der Waals surface area contributed by atoms with Crippen molar-refractivity contribution in [2.24, 2.45) is 0 Å². The van der Waals surface area contributed by atoms with Crippen molar-refractivity contribution in [2.75, 3.05) is 47.5 Å². The van der Waals surface area contributed by atoms with Gasteiger partial charge in [0, 0.05) is 12.8 Å². The molecule has 0 spiro atoms. The molecule has 0 saturated heterocycles. The van der Waals surface area contributed by atoms with Crippen LogP contribution < -0.4 is 0 Å². The first-order chi connectivity index (χ1) is 26.0. The summed E-state index contributed by atoms with van der Waals surface area (Å²) in [5.74, 6) is -0.845. The molecule has 1 N–H and O–H groups in total. The number of carbonyl (C=O) groups is 2. The van der Waals surface area contributed by atoms with Gasteiger partial charge in [0.15, 0.2) is 6.10 Å². The van der Waals surface area contributed by atoms with E-state index in [2.05, 4.69) is 19.9 Å². The maximum atomic E-state index is 12.7. The second-order valence-corrected chi connectivity index (χ2v) is 17.9. The minimum atomic E-state index is -4.37. The largest absolute Gasteiger partial charge is 0.472 e. The van der Waals surface area contributed by atoms with Crippen LogP contribution >= 0.6 is 7.82 Å². The van der Waals surface area contributed by atoms with Crippen molar-refractivity contribution in [3.05, 3.63) is 12.2 Å². The molecule has 0 rings (SSSR count). The number of phosphoric ester groups is 1. The van der Waals surface area contributed by atoms with E-state index in [9.17, 15) is 19.0 Å². The Bertz CT molecular complexity index is 938. The van der Waals surface area contributed by atoms with Gasteiger partial charge in [-0.05, 0) is 25.7 Å². The molecule has 1 unspecified atom stereocenters. The lowest BCUT2D eigenvalue weighted by molar-refractivity contribution is -0.870. The minimum absolute atomic E-state index is 0.0304. The van der Waals surface area contributed by atoms with Crippen LogP contribution in [-0.2, 0) is 32.7 Å². The molecule has 0 aromatic rings. The lowest BCUT2D eigenvalue weighted by atomic mass is 10.0. The van der Waals surface area contributed by atoms with E-state index >= 15 is 0 Å². The van der Waals surface area contributed by atoms with E-state index in [1.807, 2.05) is 27.2 Å². The first-order valence-corrected chi connectivity index (χ1v) is 23.9. The Hall–Kier alpha value is -1.25. The summed E-state index contributed by atoms with van der Waals surface area (Å²) in [6.07, 6.45) is 38.4. The molecule has 10 heteroatoms. The number of hydrogen-bond acceptors (Lipinski definition) is 7. The van der Waals surface area contributed by atoms with Gasteiger partial charge in [0.25, 0.3) is 0 Å². The highest BCUT2D eigenvalue weighted by Crippen LogP contribution is 2.43. The van der Waals surface area contributed by atoms with Crippen molar-refractivity contribution in [2.45, 2.75) is 213 Å². The van der Waals surface area contributed by atoms with Gasteiger partial charge in [0.05, 0.1) is 27.7 Å². The van der Waals surface area contributed by atoms with E-state index in [-0.39, 0.29) is 26.1 Å². The third-order valence-corrected chi connectivity index (χ3v) is 10.8. The van der Waals surface area contributed by atoms with Crippen LogP contribution in [0, 0.1) is 0 Å². The monoisotopic (exact) mass is 789 g/mol. The van der Waals surface area contributed by atoms with E-state index in [1.54, 1.807) is 0 Å². The zero-order valence-electron chi connectivity index (χ0n) is 36.0. The molecular weight excluding hydrogens is 701 g/mol. The van der Waals surface area contributed by atoms with Gasteiger partial charge in [0.1, 0.15) is 19.8 Å². The number of likely N-dealkylation sites (N-methyl/N-ethyl adjacent to an activating group) is 1. The van der Waals surface area contributed by atoms with E-state index in [0.717, 1.165) is 25.7 Å². The number of allylic oxidation sites excluding steroid dienone is 2. The summed E-state index contributed by atoms with van der Waals surface area (Å²) < 4.78 is 34.3. The number of esters is 2. The van der Waals surface area contributed by atoms with Crippen molar-refractivity contribution in [3.8, 4) is 0 Å². The summed E-state index contributed by atoms with van der Waals surface area (Å²) in [6, 6.07) is 0. The Balaban J connectivity index is 4.36. The summed E-state index contributed by atoms with van der Waals surface area (Å²) >= 11 is 0. The fraction of sp³-hybridized carbons (Fsp3) is 0.909. The standard InChI is InChI=1S/C44H86NO8P/c1-6-8-10-12-14-16-18-20-22-24-26-28-30-32-34-36-43(46)50-40-42(41-52-54(48,49)51-39-38-45(3,4)5)53-44(47)37-35-33-31-29-27-25-23-21-19-17-15-13-11-9-7-2/h30,32,42H,6-29,31,33-41H2,1-5H3/p+1/b32-30+/t42-/m1/s1. The van der Waals surface area contributed by atoms with Crippen molar-refractivity contribution < 1.29 is 42.1 Å². The average Bonchev–Trinajstić information content (AvgIpc) is 3.12. The highest BCUT2D eigenvalue weighted by molar-refractivity contribution is 7.47. The summed E-state index contributed by atoms with van der Waals surface area (Å²) in [5.41, 5.74) is 0. The van der Waals surface area contributed by atoms with Gasteiger partial charge in [-0.15, -0.1) is 0 Å². The number of rotatable bonds is 41. The predicted molar refractivity (Wildman–Crippen MR) is 224 cm³/mol. The van der Waals surface area contributed by atoms with E-state index in [4.69, 9.17) is 18.5 Å². The number of ether oxygens (including phenoxy) is 2. The van der Waals surface area contributed by atoms with Gasteiger partial charge in [-0.3, -0.25) is 18.6 Å². The number of carbonyl (C=O) groups excluding carboxylic acids is 2. The highest BCUT2D eigenvalue weighted by atomic mass is 31.2. The fourth-order valence-electron chi connectivity index (χ4n) is 6.27. The van der Waals surface area contributed by atoms with Crippen LogP contribution in [0.1, 0.15) is 206 Å². The topological polar surface area (TPSA) is 108 Å². The molecule has 0 saturated carbocycles. The first kappa shape index (κ1) is 52.8. The van der Waals surface area contributed by atoms with Crippen molar-refractivity contribution in [3.63, 3.8) is 0 Å². The second-order valence-electron chi connectivity index (χ2n) is 16.4. The van der Waals surface area contributed by atoms with Gasteiger partial charge in [0.2, 0.25) is 0 Å². The Morgan fingerprint density at radius 1 is 0.556 bits per heavy atom. The number of unbranched alkanes of at least 4 members (excludes halogenated alkanes) is 25. The molecule has 0 aliphatic heterocycles. The molecule has 0 aliphatic rings.